The van der Waals surface area contributed by atoms with Gasteiger partial charge in [0, 0.05) is 11.6 Å². The number of methoxy groups -OCH3 is 2. The van der Waals surface area contributed by atoms with E-state index >= 15 is 0 Å². The molecule has 1 atom stereocenters. The number of halogens is 1. The van der Waals surface area contributed by atoms with E-state index in [1.54, 1.807) is 51.5 Å². The Bertz CT molecular complexity index is 948. The highest BCUT2D eigenvalue weighted by Gasteiger charge is 2.28. The molecule has 2 aromatic carbocycles. The van der Waals surface area contributed by atoms with Crippen molar-refractivity contribution in [2.45, 2.75) is 19.4 Å². The molecule has 2 aromatic rings. The van der Waals surface area contributed by atoms with Crippen LogP contribution in [0.15, 0.2) is 42.5 Å². The van der Waals surface area contributed by atoms with Crippen molar-refractivity contribution in [2.24, 2.45) is 0 Å². The van der Waals surface area contributed by atoms with E-state index in [2.05, 4.69) is 5.32 Å². The Balaban J connectivity index is 2.05. The predicted octanol–water partition coefficient (Wildman–Crippen LogP) is 2.87. The minimum atomic E-state index is -3.67. The van der Waals surface area contributed by atoms with E-state index in [1.165, 1.54) is 0 Å². The number of rotatable bonds is 9. The molecule has 0 bridgehead atoms. The first-order chi connectivity index (χ1) is 13.7. The summed E-state index contributed by atoms with van der Waals surface area (Å²) in [6.07, 6.45) is 1.62. The molecule has 0 saturated heterocycles. The summed E-state index contributed by atoms with van der Waals surface area (Å²) in [5.74, 6) is 0.835. The van der Waals surface area contributed by atoms with Crippen LogP contribution in [-0.4, -0.2) is 47.4 Å². The number of nitrogens with zero attached hydrogens (tertiary/aromatic N) is 1. The highest BCUT2D eigenvalue weighted by molar-refractivity contribution is 7.92. The number of carbonyl (C=O) groups excluding carboxylic acids is 1. The molecule has 1 N–H and O–H groups in total. The van der Waals surface area contributed by atoms with E-state index in [9.17, 15) is 13.2 Å². The third kappa shape index (κ3) is 6.01. The van der Waals surface area contributed by atoms with Gasteiger partial charge in [-0.05, 0) is 55.3 Å². The standard InChI is InChI=1S/C20H25ClN2O5S/c1-14(23(29(4,25)26)17-8-6-16(21)7-9-17)20(24)22-12-11-15-5-10-18(27-2)19(13-15)28-3/h5-10,13-14H,11-12H2,1-4H3,(H,22,24)/t14-/m0/s1. The van der Waals surface area contributed by atoms with Crippen molar-refractivity contribution in [3.63, 3.8) is 0 Å². The lowest BCUT2D eigenvalue weighted by atomic mass is 10.1. The maximum Gasteiger partial charge on any atom is 0.243 e. The summed E-state index contributed by atoms with van der Waals surface area (Å²) in [6.45, 7) is 1.89. The quantitative estimate of drug-likeness (QED) is 0.648. The molecule has 0 unspecified atom stereocenters. The Morgan fingerprint density at radius 3 is 2.28 bits per heavy atom. The first kappa shape index (κ1) is 22.8. The third-order valence-electron chi connectivity index (χ3n) is 4.33. The highest BCUT2D eigenvalue weighted by atomic mass is 35.5. The van der Waals surface area contributed by atoms with Gasteiger partial charge >= 0.3 is 0 Å². The van der Waals surface area contributed by atoms with Crippen molar-refractivity contribution in [3.8, 4) is 11.5 Å². The van der Waals surface area contributed by atoms with Crippen LogP contribution in [-0.2, 0) is 21.2 Å². The molecule has 0 aliphatic rings. The minimum absolute atomic E-state index is 0.344. The van der Waals surface area contributed by atoms with Gasteiger partial charge < -0.3 is 14.8 Å². The summed E-state index contributed by atoms with van der Waals surface area (Å²) in [5.41, 5.74) is 1.33. The molecule has 0 aromatic heterocycles. The molecule has 0 fully saturated rings. The molecule has 158 valence electrons. The molecule has 1 amide bonds. The first-order valence-electron chi connectivity index (χ1n) is 8.91. The van der Waals surface area contributed by atoms with Crippen LogP contribution >= 0.6 is 11.6 Å². The van der Waals surface area contributed by atoms with Crippen molar-refractivity contribution in [1.29, 1.82) is 0 Å². The lowest BCUT2D eigenvalue weighted by molar-refractivity contribution is -0.121. The monoisotopic (exact) mass is 440 g/mol. The maximum absolute atomic E-state index is 12.6. The van der Waals surface area contributed by atoms with E-state index < -0.39 is 22.0 Å². The van der Waals surface area contributed by atoms with Gasteiger partial charge in [0.2, 0.25) is 15.9 Å². The summed E-state index contributed by atoms with van der Waals surface area (Å²) in [6, 6.07) is 10.9. The fourth-order valence-corrected chi connectivity index (χ4v) is 4.21. The summed E-state index contributed by atoms with van der Waals surface area (Å²) >= 11 is 5.88. The van der Waals surface area contributed by atoms with Gasteiger partial charge in [-0.1, -0.05) is 17.7 Å². The van der Waals surface area contributed by atoms with Gasteiger partial charge in [0.15, 0.2) is 11.5 Å². The number of ether oxygens (including phenoxy) is 2. The number of carbonyl (C=O) groups is 1. The van der Waals surface area contributed by atoms with Crippen LogP contribution in [0.25, 0.3) is 0 Å². The van der Waals surface area contributed by atoms with Crippen LogP contribution in [0.1, 0.15) is 12.5 Å². The molecule has 0 radical (unpaired) electrons. The smallest absolute Gasteiger partial charge is 0.243 e. The van der Waals surface area contributed by atoms with Crippen molar-refractivity contribution in [2.75, 3.05) is 31.3 Å². The first-order valence-corrected chi connectivity index (χ1v) is 11.1. The number of hydrogen-bond acceptors (Lipinski definition) is 5. The van der Waals surface area contributed by atoms with Gasteiger partial charge in [-0.25, -0.2) is 8.42 Å². The zero-order valence-corrected chi connectivity index (χ0v) is 18.4. The van der Waals surface area contributed by atoms with Gasteiger partial charge in [0.25, 0.3) is 0 Å². The minimum Gasteiger partial charge on any atom is -0.493 e. The van der Waals surface area contributed by atoms with Crippen LogP contribution in [0, 0.1) is 0 Å². The summed E-state index contributed by atoms with van der Waals surface area (Å²) in [4.78, 5) is 12.6. The summed E-state index contributed by atoms with van der Waals surface area (Å²) in [7, 11) is -0.550. The Morgan fingerprint density at radius 1 is 1.10 bits per heavy atom. The number of nitrogens with one attached hydrogen (secondary N) is 1. The van der Waals surface area contributed by atoms with Crippen LogP contribution in [0.2, 0.25) is 5.02 Å². The van der Waals surface area contributed by atoms with Gasteiger partial charge in [-0.3, -0.25) is 9.10 Å². The zero-order valence-electron chi connectivity index (χ0n) is 16.8. The molecular formula is C20H25ClN2O5S. The number of hydrogen-bond donors (Lipinski definition) is 1. The van der Waals surface area contributed by atoms with E-state index in [1.807, 2.05) is 12.1 Å². The molecule has 7 nitrogen and oxygen atoms in total. The van der Waals surface area contributed by atoms with Crippen LogP contribution in [0.3, 0.4) is 0 Å². The molecule has 0 heterocycles. The van der Waals surface area contributed by atoms with Crippen LogP contribution in [0.4, 0.5) is 5.69 Å². The molecule has 0 saturated carbocycles. The number of amides is 1. The van der Waals surface area contributed by atoms with Crippen molar-refractivity contribution >= 4 is 33.2 Å². The number of sulfonamides is 1. The number of anilines is 1. The fraction of sp³-hybridized carbons (Fsp3) is 0.350. The number of benzene rings is 2. The predicted molar refractivity (Wildman–Crippen MR) is 114 cm³/mol. The lowest BCUT2D eigenvalue weighted by Crippen LogP contribution is -2.48. The summed E-state index contributed by atoms with van der Waals surface area (Å²) in [5, 5.41) is 3.27. The van der Waals surface area contributed by atoms with E-state index in [0.29, 0.717) is 35.2 Å². The fourth-order valence-electron chi connectivity index (χ4n) is 2.91. The largest absolute Gasteiger partial charge is 0.493 e. The topological polar surface area (TPSA) is 84.9 Å². The third-order valence-corrected chi connectivity index (χ3v) is 5.82. The second kappa shape index (κ2) is 9.84. The van der Waals surface area contributed by atoms with Crippen molar-refractivity contribution in [3.05, 3.63) is 53.1 Å². The van der Waals surface area contributed by atoms with E-state index in [0.717, 1.165) is 16.1 Å². The normalized spacial score (nSPS) is 12.2. The molecule has 0 spiro atoms. The van der Waals surface area contributed by atoms with E-state index in [4.69, 9.17) is 21.1 Å². The van der Waals surface area contributed by atoms with Crippen LogP contribution < -0.4 is 19.1 Å². The van der Waals surface area contributed by atoms with E-state index in [-0.39, 0.29) is 0 Å². The molecule has 2 rings (SSSR count). The van der Waals surface area contributed by atoms with Gasteiger partial charge in [0.05, 0.1) is 26.2 Å². The molecular weight excluding hydrogens is 416 g/mol. The highest BCUT2D eigenvalue weighted by Crippen LogP contribution is 2.27. The molecule has 0 aliphatic carbocycles. The van der Waals surface area contributed by atoms with Crippen LogP contribution in [0.5, 0.6) is 11.5 Å². The lowest BCUT2D eigenvalue weighted by Gasteiger charge is -2.28. The molecule has 0 aliphatic heterocycles. The zero-order chi connectivity index (χ0) is 21.6. The Labute approximate surface area is 176 Å². The SMILES string of the molecule is COc1ccc(CCNC(=O)[C@H](C)N(c2ccc(Cl)cc2)S(C)(=O)=O)cc1OC. The molecule has 9 heteroatoms. The van der Waals surface area contributed by atoms with Gasteiger partial charge in [-0.2, -0.15) is 0 Å². The average molecular weight is 441 g/mol. The Hall–Kier alpha value is -2.45. The van der Waals surface area contributed by atoms with Crippen molar-refractivity contribution in [1.82, 2.24) is 5.32 Å². The maximum atomic E-state index is 12.6. The van der Waals surface area contributed by atoms with Gasteiger partial charge in [0.1, 0.15) is 6.04 Å². The van der Waals surface area contributed by atoms with Crippen molar-refractivity contribution < 1.29 is 22.7 Å². The summed E-state index contributed by atoms with van der Waals surface area (Å²) < 4.78 is 36.1. The second-order valence-corrected chi connectivity index (χ2v) is 8.74. The second-order valence-electron chi connectivity index (χ2n) is 6.44. The Kier molecular flexibility index (Phi) is 7.75. The van der Waals surface area contributed by atoms with Gasteiger partial charge in [-0.15, -0.1) is 0 Å². The molecule has 29 heavy (non-hydrogen) atoms. The Morgan fingerprint density at radius 2 is 1.72 bits per heavy atom. The average Bonchev–Trinajstić information content (AvgIpc) is 2.68.